The van der Waals surface area contributed by atoms with Gasteiger partial charge in [0.15, 0.2) is 11.5 Å². The molecule has 1 aromatic carbocycles. The molecule has 0 fully saturated rings. The molecule has 0 spiro atoms. The molecular weight excluding hydrogens is 218 g/mol. The van der Waals surface area contributed by atoms with E-state index in [0.717, 1.165) is 23.5 Å². The summed E-state index contributed by atoms with van der Waals surface area (Å²) in [6.07, 6.45) is 0.573. The van der Waals surface area contributed by atoms with Crippen LogP contribution in [-0.4, -0.2) is 31.0 Å². The largest absolute Gasteiger partial charge is 0.490 e. The van der Waals surface area contributed by atoms with E-state index in [-0.39, 0.29) is 6.10 Å². The third-order valence-electron chi connectivity index (χ3n) is 2.61. The van der Waals surface area contributed by atoms with Crippen LogP contribution in [0.1, 0.15) is 18.9 Å². The van der Waals surface area contributed by atoms with Crippen LogP contribution in [0.5, 0.6) is 11.5 Å². The Morgan fingerprint density at radius 3 is 3.00 bits per heavy atom. The topological polar surface area (TPSA) is 50.7 Å². The number of ether oxygens (including phenoxy) is 2. The van der Waals surface area contributed by atoms with Gasteiger partial charge in [0.25, 0.3) is 0 Å². The molecule has 1 heterocycles. The van der Waals surface area contributed by atoms with Crippen molar-refractivity contribution < 1.29 is 14.6 Å². The molecule has 0 radical (unpaired) electrons. The molecule has 0 unspecified atom stereocenters. The van der Waals surface area contributed by atoms with Gasteiger partial charge in [-0.05, 0) is 13.0 Å². The van der Waals surface area contributed by atoms with E-state index < -0.39 is 0 Å². The molecule has 0 aromatic heterocycles. The van der Waals surface area contributed by atoms with Crippen LogP contribution in [0.4, 0.5) is 0 Å². The van der Waals surface area contributed by atoms with Gasteiger partial charge in [0.05, 0.1) is 19.3 Å². The first-order valence-electron chi connectivity index (χ1n) is 6.03. The Morgan fingerprint density at radius 2 is 2.18 bits per heavy atom. The third-order valence-corrected chi connectivity index (χ3v) is 2.61. The quantitative estimate of drug-likeness (QED) is 0.829. The number of nitrogens with one attached hydrogen (secondary N) is 1. The minimum absolute atomic E-state index is 0.338. The van der Waals surface area contributed by atoms with Gasteiger partial charge in [-0.3, -0.25) is 0 Å². The molecule has 4 heteroatoms. The van der Waals surface area contributed by atoms with Gasteiger partial charge in [0.2, 0.25) is 0 Å². The Hall–Kier alpha value is -1.26. The van der Waals surface area contributed by atoms with Gasteiger partial charge >= 0.3 is 0 Å². The predicted molar refractivity (Wildman–Crippen MR) is 65.4 cm³/mol. The summed E-state index contributed by atoms with van der Waals surface area (Å²) in [5, 5.41) is 12.4. The Kier molecular flexibility index (Phi) is 4.23. The zero-order chi connectivity index (χ0) is 12.1. The van der Waals surface area contributed by atoms with Gasteiger partial charge in [-0.25, -0.2) is 0 Å². The lowest BCUT2D eigenvalue weighted by Crippen LogP contribution is -2.24. The second-order valence-corrected chi connectivity index (χ2v) is 4.27. The summed E-state index contributed by atoms with van der Waals surface area (Å²) < 4.78 is 11.3. The summed E-state index contributed by atoms with van der Waals surface area (Å²) in [5.74, 6) is 1.65. The molecule has 0 aliphatic carbocycles. The lowest BCUT2D eigenvalue weighted by atomic mass is 10.2. The van der Waals surface area contributed by atoms with Gasteiger partial charge in [0, 0.05) is 25.1 Å². The van der Waals surface area contributed by atoms with E-state index in [1.807, 2.05) is 18.2 Å². The molecule has 4 nitrogen and oxygen atoms in total. The van der Waals surface area contributed by atoms with Crippen molar-refractivity contribution in [3.05, 3.63) is 23.8 Å². The number of fused-ring (bicyclic) bond motifs is 1. The minimum atomic E-state index is -0.338. The number of hydrogen-bond acceptors (Lipinski definition) is 4. The van der Waals surface area contributed by atoms with Crippen molar-refractivity contribution in [2.75, 3.05) is 19.8 Å². The highest BCUT2D eigenvalue weighted by Gasteiger charge is 2.13. The van der Waals surface area contributed by atoms with Gasteiger partial charge in [-0.2, -0.15) is 0 Å². The van der Waals surface area contributed by atoms with Crippen LogP contribution in [-0.2, 0) is 6.54 Å². The lowest BCUT2D eigenvalue weighted by Gasteiger charge is -2.13. The Labute approximate surface area is 102 Å². The fraction of sp³-hybridized carbons (Fsp3) is 0.538. The maximum atomic E-state index is 9.20. The number of benzene rings is 1. The second kappa shape index (κ2) is 5.89. The summed E-state index contributed by atoms with van der Waals surface area (Å²) in [7, 11) is 0. The molecular formula is C13H19NO3. The Bertz CT molecular complexity index is 366. The normalized spacial score (nSPS) is 16.4. The molecule has 0 saturated carbocycles. The predicted octanol–water partition coefficient (Wildman–Crippen LogP) is 1.32. The summed E-state index contributed by atoms with van der Waals surface area (Å²) in [6.45, 7) is 4.41. The molecule has 0 saturated heterocycles. The Balaban J connectivity index is 2.06. The highest BCUT2D eigenvalue weighted by molar-refractivity contribution is 5.46. The standard InChI is InChI=1S/C13H19NO3/c1-10(15)8-14-9-11-4-2-5-12-13(11)17-7-3-6-16-12/h2,4-5,10,14-15H,3,6-9H2,1H3/t10-/m1/s1. The third kappa shape index (κ3) is 3.35. The molecule has 17 heavy (non-hydrogen) atoms. The SMILES string of the molecule is C[C@@H](O)CNCc1cccc2c1OCCCO2. The number of aliphatic hydroxyl groups excluding tert-OH is 1. The Morgan fingerprint density at radius 1 is 1.35 bits per heavy atom. The second-order valence-electron chi connectivity index (χ2n) is 4.27. The van der Waals surface area contributed by atoms with Crippen molar-refractivity contribution in [2.24, 2.45) is 0 Å². The summed E-state index contributed by atoms with van der Waals surface area (Å²) in [5.41, 5.74) is 1.07. The van der Waals surface area contributed by atoms with E-state index in [1.165, 1.54) is 0 Å². The lowest BCUT2D eigenvalue weighted by molar-refractivity contribution is 0.190. The van der Waals surface area contributed by atoms with Crippen LogP contribution >= 0.6 is 0 Å². The van der Waals surface area contributed by atoms with Crippen LogP contribution in [0.15, 0.2) is 18.2 Å². The molecule has 0 bridgehead atoms. The number of rotatable bonds is 4. The maximum Gasteiger partial charge on any atom is 0.165 e. The highest BCUT2D eigenvalue weighted by atomic mass is 16.5. The van der Waals surface area contributed by atoms with E-state index in [2.05, 4.69) is 5.32 Å². The first-order valence-corrected chi connectivity index (χ1v) is 6.03. The van der Waals surface area contributed by atoms with E-state index >= 15 is 0 Å². The average Bonchev–Trinajstić information content (AvgIpc) is 2.54. The van der Waals surface area contributed by atoms with Crippen molar-refractivity contribution in [3.8, 4) is 11.5 Å². The maximum absolute atomic E-state index is 9.20. The zero-order valence-corrected chi connectivity index (χ0v) is 10.1. The van der Waals surface area contributed by atoms with Crippen LogP contribution < -0.4 is 14.8 Å². The average molecular weight is 237 g/mol. The van der Waals surface area contributed by atoms with Crippen molar-refractivity contribution in [3.63, 3.8) is 0 Å². The van der Waals surface area contributed by atoms with Crippen LogP contribution in [0.2, 0.25) is 0 Å². The van der Waals surface area contributed by atoms with Gasteiger partial charge in [-0.15, -0.1) is 0 Å². The van der Waals surface area contributed by atoms with E-state index in [1.54, 1.807) is 6.92 Å². The first-order chi connectivity index (χ1) is 8.27. The van der Waals surface area contributed by atoms with Gasteiger partial charge in [0.1, 0.15) is 0 Å². The fourth-order valence-electron chi connectivity index (χ4n) is 1.81. The molecule has 1 aromatic rings. The highest BCUT2D eigenvalue weighted by Crippen LogP contribution is 2.32. The summed E-state index contributed by atoms with van der Waals surface area (Å²) in [6, 6.07) is 5.91. The number of para-hydroxylation sites is 1. The van der Waals surface area contributed by atoms with E-state index in [0.29, 0.717) is 26.3 Å². The fourth-order valence-corrected chi connectivity index (χ4v) is 1.81. The van der Waals surface area contributed by atoms with E-state index in [9.17, 15) is 5.11 Å². The summed E-state index contributed by atoms with van der Waals surface area (Å²) >= 11 is 0. The number of aliphatic hydroxyl groups is 1. The molecule has 1 aliphatic rings. The van der Waals surface area contributed by atoms with E-state index in [4.69, 9.17) is 9.47 Å². The zero-order valence-electron chi connectivity index (χ0n) is 10.1. The van der Waals surface area contributed by atoms with Crippen molar-refractivity contribution in [2.45, 2.75) is 26.0 Å². The molecule has 1 atom stereocenters. The van der Waals surface area contributed by atoms with Crippen LogP contribution in [0.25, 0.3) is 0 Å². The minimum Gasteiger partial charge on any atom is -0.490 e. The van der Waals surface area contributed by atoms with Crippen molar-refractivity contribution >= 4 is 0 Å². The molecule has 1 aliphatic heterocycles. The summed E-state index contributed by atoms with van der Waals surface area (Å²) in [4.78, 5) is 0. The molecule has 0 amide bonds. The smallest absolute Gasteiger partial charge is 0.165 e. The van der Waals surface area contributed by atoms with Gasteiger partial charge in [-0.1, -0.05) is 12.1 Å². The monoisotopic (exact) mass is 237 g/mol. The number of hydrogen-bond donors (Lipinski definition) is 2. The molecule has 2 rings (SSSR count). The first kappa shape index (κ1) is 12.2. The van der Waals surface area contributed by atoms with Crippen LogP contribution in [0.3, 0.4) is 0 Å². The van der Waals surface area contributed by atoms with Crippen LogP contribution in [0, 0.1) is 0 Å². The molecule has 2 N–H and O–H groups in total. The van der Waals surface area contributed by atoms with Crippen molar-refractivity contribution in [1.82, 2.24) is 5.32 Å². The van der Waals surface area contributed by atoms with Crippen molar-refractivity contribution in [1.29, 1.82) is 0 Å². The van der Waals surface area contributed by atoms with Gasteiger partial charge < -0.3 is 19.9 Å². The molecule has 94 valence electrons.